The number of carboxylic acids is 1. The zero-order valence-corrected chi connectivity index (χ0v) is 20.0. The Hall–Kier alpha value is -2.82. The first kappa shape index (κ1) is 26.8. The van der Waals surface area contributed by atoms with Crippen LogP contribution in [0, 0.1) is 5.41 Å². The predicted octanol–water partition coefficient (Wildman–Crippen LogP) is 2.88. The molecule has 11 heteroatoms. The molecule has 8 nitrogen and oxygen atoms in total. The van der Waals surface area contributed by atoms with Crippen molar-refractivity contribution in [3.8, 4) is 5.75 Å². The number of nitrogens with zero attached hydrogens (tertiary/aromatic N) is 3. The lowest BCUT2D eigenvalue weighted by Gasteiger charge is -2.37. The van der Waals surface area contributed by atoms with E-state index >= 15 is 0 Å². The molecule has 0 spiro atoms. The fourth-order valence-electron chi connectivity index (χ4n) is 5.34. The van der Waals surface area contributed by atoms with Crippen LogP contribution in [0.1, 0.15) is 42.5 Å². The van der Waals surface area contributed by atoms with Gasteiger partial charge >= 0.3 is 12.1 Å². The number of carbonyl (C=O) groups excluding carboxylic acids is 2. The molecule has 0 aliphatic carbocycles. The number of likely N-dealkylation sites (tertiary alicyclic amines) is 3. The molecular formula is C24H32F3N3O5. The highest BCUT2D eigenvalue weighted by Crippen LogP contribution is 2.45. The Bertz CT molecular complexity index is 918. The van der Waals surface area contributed by atoms with E-state index in [1.54, 1.807) is 7.11 Å². The lowest BCUT2D eigenvalue weighted by Crippen LogP contribution is -2.49. The monoisotopic (exact) mass is 499 g/mol. The topological polar surface area (TPSA) is 90.4 Å². The molecule has 4 rings (SSSR count). The molecule has 0 unspecified atom stereocenters. The summed E-state index contributed by atoms with van der Waals surface area (Å²) in [5, 5.41) is 7.12. The predicted molar refractivity (Wildman–Crippen MR) is 121 cm³/mol. The molecule has 3 heterocycles. The van der Waals surface area contributed by atoms with Gasteiger partial charge in [-0.25, -0.2) is 4.79 Å². The summed E-state index contributed by atoms with van der Waals surface area (Å²) in [5.41, 5.74) is 0.356. The average molecular weight is 500 g/mol. The molecule has 35 heavy (non-hydrogen) atoms. The van der Waals surface area contributed by atoms with Gasteiger partial charge in [0.2, 0.25) is 5.91 Å². The Labute approximate surface area is 202 Å². The van der Waals surface area contributed by atoms with E-state index in [-0.39, 0.29) is 17.4 Å². The Balaban J connectivity index is 0.000000429. The third kappa shape index (κ3) is 5.88. The third-order valence-corrected chi connectivity index (χ3v) is 7.27. The Morgan fingerprint density at radius 1 is 0.971 bits per heavy atom. The summed E-state index contributed by atoms with van der Waals surface area (Å²) in [6.45, 7) is 4.11. The highest BCUT2D eigenvalue weighted by atomic mass is 19.4. The smallest absolute Gasteiger partial charge is 0.490 e. The van der Waals surface area contributed by atoms with E-state index < -0.39 is 12.1 Å². The maximum Gasteiger partial charge on any atom is 0.490 e. The summed E-state index contributed by atoms with van der Waals surface area (Å²) < 4.78 is 36.9. The Morgan fingerprint density at radius 2 is 1.54 bits per heavy atom. The molecule has 3 aliphatic rings. The molecule has 0 aromatic heterocycles. The van der Waals surface area contributed by atoms with Crippen molar-refractivity contribution < 1.29 is 37.4 Å². The number of hydrogen-bond donors (Lipinski definition) is 1. The van der Waals surface area contributed by atoms with Crippen molar-refractivity contribution in [2.24, 2.45) is 5.41 Å². The summed E-state index contributed by atoms with van der Waals surface area (Å²) >= 11 is 0. The number of aliphatic carboxylic acids is 1. The standard InChI is InChI=1S/C22H31N3O3.C2HF3O2/c1-23-15-10-22(21(27)25-12-3-4-13-25)11-16-24(14-9-19(22)23)20(26)17-5-7-18(28-2)8-6-17;3-2(4,5)1(6)7/h5-8,19H,3-4,9-16H2,1-2H3;(H,6,7)/t19-,22-;/m1./s1. The van der Waals surface area contributed by atoms with Crippen LogP contribution in [0.25, 0.3) is 0 Å². The van der Waals surface area contributed by atoms with Crippen LogP contribution in [0.15, 0.2) is 24.3 Å². The van der Waals surface area contributed by atoms with Crippen LogP contribution >= 0.6 is 0 Å². The van der Waals surface area contributed by atoms with Crippen molar-refractivity contribution >= 4 is 17.8 Å². The summed E-state index contributed by atoms with van der Waals surface area (Å²) in [5.74, 6) is -1.63. The number of amides is 2. The van der Waals surface area contributed by atoms with Gasteiger partial charge in [0.05, 0.1) is 12.5 Å². The van der Waals surface area contributed by atoms with Crippen molar-refractivity contribution in [3.05, 3.63) is 29.8 Å². The van der Waals surface area contributed by atoms with Gasteiger partial charge in [-0.15, -0.1) is 0 Å². The van der Waals surface area contributed by atoms with Crippen LogP contribution in [0.3, 0.4) is 0 Å². The quantitative estimate of drug-likeness (QED) is 0.688. The SMILES string of the molecule is COc1ccc(C(=O)N2CC[C@H]3N(C)CC[C@@]3(C(=O)N3CCCC3)CC2)cc1.O=C(O)C(F)(F)F. The minimum Gasteiger partial charge on any atom is -0.497 e. The van der Waals surface area contributed by atoms with Crippen LogP contribution < -0.4 is 4.74 Å². The molecule has 0 saturated carbocycles. The number of carboxylic acid groups (broad SMARTS) is 1. The van der Waals surface area contributed by atoms with Gasteiger partial charge in [0.1, 0.15) is 5.75 Å². The number of rotatable bonds is 3. The van der Waals surface area contributed by atoms with Crippen molar-refractivity contribution in [2.75, 3.05) is 46.9 Å². The fraction of sp³-hybridized carbons (Fsp3) is 0.625. The first-order valence-electron chi connectivity index (χ1n) is 11.7. The maximum atomic E-state index is 13.5. The second-order valence-electron chi connectivity index (χ2n) is 9.26. The van der Waals surface area contributed by atoms with Gasteiger partial charge in [0.25, 0.3) is 5.91 Å². The molecule has 0 bridgehead atoms. The first-order chi connectivity index (χ1) is 16.5. The number of halogens is 3. The van der Waals surface area contributed by atoms with Crippen molar-refractivity contribution in [2.45, 2.75) is 44.3 Å². The van der Waals surface area contributed by atoms with Crippen molar-refractivity contribution in [1.82, 2.24) is 14.7 Å². The minimum atomic E-state index is -5.08. The van der Waals surface area contributed by atoms with Crippen LogP contribution in [-0.4, -0.2) is 96.7 Å². The van der Waals surface area contributed by atoms with Crippen LogP contribution in [0.4, 0.5) is 13.2 Å². The average Bonchev–Trinajstić information content (AvgIpc) is 3.42. The van der Waals surface area contributed by atoms with E-state index in [1.807, 2.05) is 29.2 Å². The number of methoxy groups -OCH3 is 1. The first-order valence-corrected chi connectivity index (χ1v) is 11.7. The van der Waals surface area contributed by atoms with Gasteiger partial charge in [-0.1, -0.05) is 0 Å². The maximum absolute atomic E-state index is 13.5. The molecule has 3 saturated heterocycles. The van der Waals surface area contributed by atoms with Gasteiger partial charge in [0.15, 0.2) is 0 Å². The molecular weight excluding hydrogens is 467 g/mol. The highest BCUT2D eigenvalue weighted by molar-refractivity contribution is 5.94. The molecule has 1 aromatic carbocycles. The summed E-state index contributed by atoms with van der Waals surface area (Å²) in [6.07, 6.45) is -0.319. The normalized spacial score (nSPS) is 24.8. The number of fused-ring (bicyclic) bond motifs is 1. The van der Waals surface area contributed by atoms with E-state index in [0.29, 0.717) is 24.6 Å². The van der Waals surface area contributed by atoms with Gasteiger partial charge in [-0.05, 0) is 70.0 Å². The van der Waals surface area contributed by atoms with Crippen LogP contribution in [-0.2, 0) is 9.59 Å². The van der Waals surface area contributed by atoms with E-state index in [9.17, 15) is 22.8 Å². The lowest BCUT2D eigenvalue weighted by atomic mass is 9.75. The zero-order valence-electron chi connectivity index (χ0n) is 20.0. The van der Waals surface area contributed by atoms with Crippen molar-refractivity contribution in [3.63, 3.8) is 0 Å². The summed E-state index contributed by atoms with van der Waals surface area (Å²) in [7, 11) is 3.75. The number of alkyl halides is 3. The summed E-state index contributed by atoms with van der Waals surface area (Å²) in [6, 6.07) is 7.53. The molecule has 0 radical (unpaired) electrons. The zero-order chi connectivity index (χ0) is 25.8. The molecule has 3 aliphatic heterocycles. The van der Waals surface area contributed by atoms with Crippen molar-refractivity contribution in [1.29, 1.82) is 0 Å². The lowest BCUT2D eigenvalue weighted by molar-refractivity contribution is -0.192. The largest absolute Gasteiger partial charge is 0.497 e. The van der Waals surface area contributed by atoms with E-state index in [2.05, 4.69) is 16.8 Å². The molecule has 2 amide bonds. The summed E-state index contributed by atoms with van der Waals surface area (Å²) in [4.78, 5) is 41.8. The fourth-order valence-corrected chi connectivity index (χ4v) is 5.34. The van der Waals surface area contributed by atoms with Gasteiger partial charge in [-0.3, -0.25) is 9.59 Å². The third-order valence-electron chi connectivity index (χ3n) is 7.27. The second kappa shape index (κ2) is 10.8. The Kier molecular flexibility index (Phi) is 8.30. The Morgan fingerprint density at radius 3 is 2.09 bits per heavy atom. The number of ether oxygens (including phenoxy) is 1. The van der Waals surface area contributed by atoms with E-state index in [4.69, 9.17) is 14.6 Å². The number of benzene rings is 1. The molecule has 194 valence electrons. The number of carbonyl (C=O) groups is 3. The minimum absolute atomic E-state index is 0.0500. The second-order valence-corrected chi connectivity index (χ2v) is 9.26. The molecule has 2 atom stereocenters. The molecule has 1 aromatic rings. The highest BCUT2D eigenvalue weighted by Gasteiger charge is 2.54. The number of hydrogen-bond acceptors (Lipinski definition) is 5. The van der Waals surface area contributed by atoms with E-state index in [0.717, 1.165) is 57.5 Å². The van der Waals surface area contributed by atoms with Gasteiger partial charge in [-0.2, -0.15) is 13.2 Å². The van der Waals surface area contributed by atoms with Gasteiger partial charge in [0, 0.05) is 37.8 Å². The molecule has 3 fully saturated rings. The van der Waals surface area contributed by atoms with Gasteiger partial charge < -0.3 is 24.5 Å². The molecule has 1 N–H and O–H groups in total. The van der Waals surface area contributed by atoms with Crippen LogP contribution in [0.5, 0.6) is 5.75 Å². The van der Waals surface area contributed by atoms with E-state index in [1.165, 1.54) is 0 Å². The van der Waals surface area contributed by atoms with Crippen LogP contribution in [0.2, 0.25) is 0 Å².